The van der Waals surface area contributed by atoms with E-state index in [0.29, 0.717) is 17.0 Å². The molecule has 0 aromatic heterocycles. The lowest BCUT2D eigenvalue weighted by atomic mass is 9.93. The zero-order valence-corrected chi connectivity index (χ0v) is 18.6. The Morgan fingerprint density at radius 1 is 1.03 bits per heavy atom. The molecule has 0 spiro atoms. The van der Waals surface area contributed by atoms with E-state index in [1.54, 1.807) is 48.5 Å². The molecule has 0 unspecified atom stereocenters. The van der Waals surface area contributed by atoms with Gasteiger partial charge in [0.1, 0.15) is 11.8 Å². The number of anilines is 1. The summed E-state index contributed by atoms with van der Waals surface area (Å²) in [6.07, 6.45) is -4.42. The normalized spacial score (nSPS) is 13.3. The van der Waals surface area contributed by atoms with Gasteiger partial charge in [-0.15, -0.1) is 0 Å². The van der Waals surface area contributed by atoms with Crippen LogP contribution in [0.25, 0.3) is 0 Å². The Hall–Kier alpha value is -3.07. The molecule has 0 aliphatic rings. The fraction of sp³-hybridized carbons (Fsp3) is 0.217. The fourth-order valence-electron chi connectivity index (χ4n) is 3.35. The molecular formula is C23H20BrF3N2O3. The van der Waals surface area contributed by atoms with E-state index in [0.717, 1.165) is 22.2 Å². The van der Waals surface area contributed by atoms with Gasteiger partial charge in [-0.25, -0.2) is 0 Å². The topological polar surface area (TPSA) is 64.4 Å². The highest BCUT2D eigenvalue weighted by atomic mass is 79.9. The first-order chi connectivity index (χ1) is 15.2. The van der Waals surface area contributed by atoms with Crippen LogP contribution in [-0.4, -0.2) is 18.1 Å². The third kappa shape index (κ3) is 5.79. The van der Waals surface area contributed by atoms with Gasteiger partial charge < -0.3 is 10.1 Å². The van der Waals surface area contributed by atoms with E-state index in [4.69, 9.17) is 4.74 Å². The lowest BCUT2D eigenvalue weighted by molar-refractivity contribution is -0.525. The maximum absolute atomic E-state index is 13.0. The SMILES string of the molecule is COc1ccc(N[C@H](c2ccc(C(F)(F)F)cc2)[C@H](Cc2ccccc2Br)[N+](=O)[O-])cc1. The van der Waals surface area contributed by atoms with Gasteiger partial charge in [-0.1, -0.05) is 46.3 Å². The van der Waals surface area contributed by atoms with Crippen LogP contribution in [0.2, 0.25) is 0 Å². The van der Waals surface area contributed by atoms with Gasteiger partial charge in [0.25, 0.3) is 0 Å². The predicted molar refractivity (Wildman–Crippen MR) is 119 cm³/mol. The number of nitrogens with zero attached hydrogens (tertiary/aromatic N) is 1. The molecule has 0 aliphatic heterocycles. The summed E-state index contributed by atoms with van der Waals surface area (Å²) in [7, 11) is 1.52. The van der Waals surface area contributed by atoms with Crippen molar-refractivity contribution in [1.29, 1.82) is 0 Å². The van der Waals surface area contributed by atoms with Crippen molar-refractivity contribution in [3.05, 3.63) is 104 Å². The smallest absolute Gasteiger partial charge is 0.416 e. The van der Waals surface area contributed by atoms with Crippen molar-refractivity contribution in [1.82, 2.24) is 0 Å². The summed E-state index contributed by atoms with van der Waals surface area (Å²) < 4.78 is 44.9. The summed E-state index contributed by atoms with van der Waals surface area (Å²) in [5.41, 5.74) is 0.868. The molecule has 3 rings (SSSR count). The molecule has 0 heterocycles. The van der Waals surface area contributed by atoms with E-state index in [1.165, 1.54) is 19.2 Å². The Morgan fingerprint density at radius 2 is 1.66 bits per heavy atom. The molecule has 0 bridgehead atoms. The van der Waals surface area contributed by atoms with Crippen LogP contribution in [0.3, 0.4) is 0 Å². The highest BCUT2D eigenvalue weighted by Gasteiger charge is 2.35. The minimum absolute atomic E-state index is 0.0727. The van der Waals surface area contributed by atoms with Gasteiger partial charge in [0.05, 0.1) is 12.7 Å². The van der Waals surface area contributed by atoms with Crippen LogP contribution in [0.4, 0.5) is 18.9 Å². The van der Waals surface area contributed by atoms with Gasteiger partial charge in [0, 0.05) is 21.5 Å². The van der Waals surface area contributed by atoms with Crippen molar-refractivity contribution in [3.63, 3.8) is 0 Å². The highest BCUT2D eigenvalue weighted by molar-refractivity contribution is 9.10. The van der Waals surface area contributed by atoms with Gasteiger partial charge in [0.15, 0.2) is 0 Å². The van der Waals surface area contributed by atoms with E-state index >= 15 is 0 Å². The molecule has 0 radical (unpaired) electrons. The summed E-state index contributed by atoms with van der Waals surface area (Å²) >= 11 is 3.41. The molecule has 0 saturated carbocycles. The first kappa shape index (κ1) is 23.6. The molecule has 3 aromatic rings. The van der Waals surface area contributed by atoms with Gasteiger partial charge >= 0.3 is 6.18 Å². The molecule has 2 atom stereocenters. The van der Waals surface area contributed by atoms with E-state index in [2.05, 4.69) is 21.2 Å². The maximum atomic E-state index is 13.0. The first-order valence-electron chi connectivity index (χ1n) is 9.63. The average molecular weight is 509 g/mol. The summed E-state index contributed by atoms with van der Waals surface area (Å²) in [5, 5.41) is 15.2. The molecular weight excluding hydrogens is 489 g/mol. The minimum atomic E-state index is -4.49. The van der Waals surface area contributed by atoms with E-state index in [1.807, 2.05) is 0 Å². The number of ether oxygens (including phenoxy) is 1. The van der Waals surface area contributed by atoms with Crippen molar-refractivity contribution >= 4 is 21.6 Å². The van der Waals surface area contributed by atoms with Crippen molar-refractivity contribution in [2.24, 2.45) is 0 Å². The number of alkyl halides is 3. The summed E-state index contributed by atoms with van der Waals surface area (Å²) in [6.45, 7) is 0. The first-order valence-corrected chi connectivity index (χ1v) is 10.4. The van der Waals surface area contributed by atoms with Crippen molar-refractivity contribution in [2.75, 3.05) is 12.4 Å². The van der Waals surface area contributed by atoms with E-state index in [-0.39, 0.29) is 6.42 Å². The molecule has 168 valence electrons. The Labute approximate surface area is 191 Å². The Balaban J connectivity index is 2.00. The van der Waals surface area contributed by atoms with Crippen molar-refractivity contribution in [2.45, 2.75) is 24.7 Å². The summed E-state index contributed by atoms with van der Waals surface area (Å²) in [4.78, 5) is 11.7. The van der Waals surface area contributed by atoms with E-state index in [9.17, 15) is 23.3 Å². The van der Waals surface area contributed by atoms with Crippen LogP contribution < -0.4 is 10.1 Å². The standard InChI is InChI=1S/C23H20BrF3N2O3/c1-32-19-12-10-18(11-13-19)28-22(15-6-8-17(9-7-15)23(25,26)27)21(29(30)31)14-16-4-2-3-5-20(16)24/h2-13,21-22,28H,14H2,1H3/t21-,22+/m0/s1. The Kier molecular flexibility index (Phi) is 7.40. The number of methoxy groups -OCH3 is 1. The molecule has 3 aromatic carbocycles. The predicted octanol–water partition coefficient (Wildman–Crippen LogP) is 6.52. The lowest BCUT2D eigenvalue weighted by Crippen LogP contribution is -2.34. The largest absolute Gasteiger partial charge is 0.497 e. The Bertz CT molecular complexity index is 1060. The maximum Gasteiger partial charge on any atom is 0.416 e. The summed E-state index contributed by atoms with van der Waals surface area (Å²) in [6, 6.07) is 16.3. The molecule has 0 saturated heterocycles. The number of nitrogens with one attached hydrogen (secondary N) is 1. The van der Waals surface area contributed by atoms with Gasteiger partial charge in [-0.05, 0) is 53.6 Å². The van der Waals surface area contributed by atoms with Crippen LogP contribution in [0.1, 0.15) is 22.7 Å². The van der Waals surface area contributed by atoms with Gasteiger partial charge in [-0.2, -0.15) is 13.2 Å². The quantitative estimate of drug-likeness (QED) is 0.278. The second kappa shape index (κ2) is 10.0. The second-order valence-corrected chi connectivity index (χ2v) is 7.97. The molecule has 9 heteroatoms. The Morgan fingerprint density at radius 3 is 2.19 bits per heavy atom. The molecule has 0 fully saturated rings. The van der Waals surface area contributed by atoms with Crippen molar-refractivity contribution < 1.29 is 22.8 Å². The lowest BCUT2D eigenvalue weighted by Gasteiger charge is -2.25. The monoisotopic (exact) mass is 508 g/mol. The van der Waals surface area contributed by atoms with Crippen LogP contribution >= 0.6 is 15.9 Å². The number of hydrogen-bond donors (Lipinski definition) is 1. The average Bonchev–Trinajstić information content (AvgIpc) is 2.77. The third-order valence-corrected chi connectivity index (χ3v) is 5.83. The molecule has 5 nitrogen and oxygen atoms in total. The van der Waals surface area contributed by atoms with E-state index < -0.39 is 28.7 Å². The molecule has 0 aliphatic carbocycles. The number of halogens is 4. The zero-order chi connectivity index (χ0) is 23.3. The molecule has 32 heavy (non-hydrogen) atoms. The number of benzene rings is 3. The zero-order valence-electron chi connectivity index (χ0n) is 17.0. The highest BCUT2D eigenvalue weighted by Crippen LogP contribution is 2.33. The van der Waals surface area contributed by atoms with Crippen LogP contribution in [-0.2, 0) is 12.6 Å². The van der Waals surface area contributed by atoms with Crippen molar-refractivity contribution in [3.8, 4) is 5.75 Å². The second-order valence-electron chi connectivity index (χ2n) is 7.12. The molecule has 1 N–H and O–H groups in total. The van der Waals surface area contributed by atoms with Gasteiger partial charge in [0.2, 0.25) is 6.04 Å². The molecule has 0 amide bonds. The number of nitro groups is 1. The third-order valence-electron chi connectivity index (χ3n) is 5.05. The van der Waals surface area contributed by atoms with Crippen LogP contribution in [0.5, 0.6) is 5.75 Å². The number of rotatable bonds is 8. The number of hydrogen-bond acceptors (Lipinski definition) is 4. The minimum Gasteiger partial charge on any atom is -0.497 e. The van der Waals surface area contributed by atoms with Gasteiger partial charge in [-0.3, -0.25) is 10.1 Å². The van der Waals surface area contributed by atoms with Crippen LogP contribution in [0.15, 0.2) is 77.3 Å². The summed E-state index contributed by atoms with van der Waals surface area (Å²) in [5.74, 6) is 0.612. The van der Waals surface area contributed by atoms with Crippen LogP contribution in [0, 0.1) is 10.1 Å². The fourth-order valence-corrected chi connectivity index (χ4v) is 3.80.